The van der Waals surface area contributed by atoms with Gasteiger partial charge in [0, 0.05) is 25.9 Å². The number of imidazole rings is 1. The van der Waals surface area contributed by atoms with Gasteiger partial charge in [-0.1, -0.05) is 18.2 Å². The number of carboxylic acid groups (broad SMARTS) is 1. The van der Waals surface area contributed by atoms with Gasteiger partial charge in [0.25, 0.3) is 5.91 Å². The van der Waals surface area contributed by atoms with Gasteiger partial charge in [-0.2, -0.15) is 0 Å². The lowest BCUT2D eigenvalue weighted by Crippen LogP contribution is -2.46. The van der Waals surface area contributed by atoms with Crippen LogP contribution in [-0.2, 0) is 16.0 Å². The minimum Gasteiger partial charge on any atom is -0.484 e. The van der Waals surface area contributed by atoms with Crippen molar-refractivity contribution >= 4 is 22.9 Å². The second-order valence-corrected chi connectivity index (χ2v) is 7.90. The van der Waals surface area contributed by atoms with E-state index in [0.29, 0.717) is 48.5 Å². The molecule has 2 heterocycles. The molecule has 0 spiro atoms. The minimum atomic E-state index is -0.853. The van der Waals surface area contributed by atoms with Crippen LogP contribution in [0.15, 0.2) is 48.5 Å². The number of aromatic amines is 1. The average Bonchev–Trinajstić information content (AvgIpc) is 3.15. The molecule has 2 N–H and O–H groups in total. The average molecular weight is 425 g/mol. The summed E-state index contributed by atoms with van der Waals surface area (Å²) in [6.07, 6.45) is 1.13. The first-order valence-corrected chi connectivity index (χ1v) is 10.3. The van der Waals surface area contributed by atoms with Crippen LogP contribution < -0.4 is 4.74 Å². The molecule has 1 fully saturated rings. The molecule has 0 radical (unpaired) electrons. The molecule has 3 aromatic rings. The highest BCUT2D eigenvalue weighted by atomic mass is 19.1. The Morgan fingerprint density at radius 2 is 2.00 bits per heavy atom. The number of likely N-dealkylation sites (tertiary alicyclic amines) is 1. The lowest BCUT2D eigenvalue weighted by Gasteiger charge is -2.38. The summed E-state index contributed by atoms with van der Waals surface area (Å²) >= 11 is 0. The number of carbonyl (C=O) groups is 2. The molecule has 0 bridgehead atoms. The fourth-order valence-corrected chi connectivity index (χ4v) is 4.16. The lowest BCUT2D eigenvalue weighted by atomic mass is 9.81. The first-order valence-electron chi connectivity index (χ1n) is 10.3. The number of piperidine rings is 1. The summed E-state index contributed by atoms with van der Waals surface area (Å²) in [7, 11) is 0. The number of nitrogens with zero attached hydrogens (tertiary/aromatic N) is 2. The molecule has 2 unspecified atom stereocenters. The van der Waals surface area contributed by atoms with Gasteiger partial charge in [0.1, 0.15) is 17.4 Å². The highest BCUT2D eigenvalue weighted by Crippen LogP contribution is 2.30. The molecule has 1 aliphatic heterocycles. The molecule has 1 saturated heterocycles. The van der Waals surface area contributed by atoms with Crippen molar-refractivity contribution in [2.24, 2.45) is 11.8 Å². The van der Waals surface area contributed by atoms with Gasteiger partial charge in [0.2, 0.25) is 0 Å². The molecule has 2 atom stereocenters. The van der Waals surface area contributed by atoms with E-state index in [2.05, 4.69) is 9.97 Å². The van der Waals surface area contributed by atoms with Crippen LogP contribution in [0.2, 0.25) is 0 Å². The Morgan fingerprint density at radius 3 is 2.77 bits per heavy atom. The summed E-state index contributed by atoms with van der Waals surface area (Å²) in [5.74, 6) is -0.182. The van der Waals surface area contributed by atoms with Crippen molar-refractivity contribution in [3.05, 3.63) is 60.2 Å². The standard InChI is InChI=1S/C23H24FN3O4/c24-17-6-7-19-20(12-17)26-21(25-19)10-16-13-27(9-8-15(16)11-23(29)30)22(28)14-31-18-4-2-1-3-5-18/h1-7,12,15-16H,8-11,13-14H2,(H,25,26)(H,29,30). The van der Waals surface area contributed by atoms with E-state index >= 15 is 0 Å². The van der Waals surface area contributed by atoms with Gasteiger partial charge >= 0.3 is 5.97 Å². The molecule has 0 saturated carbocycles. The fraction of sp³-hybridized carbons (Fsp3) is 0.348. The van der Waals surface area contributed by atoms with Crippen LogP contribution in [0.5, 0.6) is 5.75 Å². The first kappa shape index (κ1) is 20.8. The Bertz CT molecular complexity index is 1070. The highest BCUT2D eigenvalue weighted by Gasteiger charge is 2.33. The Kier molecular flexibility index (Phi) is 6.16. The zero-order valence-electron chi connectivity index (χ0n) is 17.0. The minimum absolute atomic E-state index is 0.0437. The van der Waals surface area contributed by atoms with Crippen molar-refractivity contribution in [1.29, 1.82) is 0 Å². The molecule has 0 aliphatic carbocycles. The number of ether oxygens (including phenoxy) is 1. The predicted octanol–water partition coefficient (Wildman–Crippen LogP) is 3.26. The number of carboxylic acids is 1. The molecule has 1 amide bonds. The number of aromatic nitrogens is 2. The molecule has 7 nitrogen and oxygen atoms in total. The van der Waals surface area contributed by atoms with Gasteiger partial charge in [-0.05, 0) is 48.6 Å². The smallest absolute Gasteiger partial charge is 0.303 e. The predicted molar refractivity (Wildman–Crippen MR) is 112 cm³/mol. The largest absolute Gasteiger partial charge is 0.484 e. The van der Waals surface area contributed by atoms with Crippen LogP contribution in [-0.4, -0.2) is 51.5 Å². The number of halogens is 1. The second-order valence-electron chi connectivity index (χ2n) is 7.90. The summed E-state index contributed by atoms with van der Waals surface area (Å²) in [4.78, 5) is 33.4. The number of nitrogens with one attached hydrogen (secondary N) is 1. The third kappa shape index (κ3) is 5.20. The number of aliphatic carboxylic acids is 1. The van der Waals surface area contributed by atoms with Crippen molar-refractivity contribution in [3.63, 3.8) is 0 Å². The number of hydrogen-bond donors (Lipinski definition) is 2. The third-order valence-corrected chi connectivity index (χ3v) is 5.73. The van der Waals surface area contributed by atoms with E-state index in [0.717, 1.165) is 0 Å². The lowest BCUT2D eigenvalue weighted by molar-refractivity contribution is -0.140. The molecular weight excluding hydrogens is 401 g/mol. The van der Waals surface area contributed by atoms with E-state index in [4.69, 9.17) is 4.74 Å². The van der Waals surface area contributed by atoms with E-state index < -0.39 is 5.97 Å². The van der Waals surface area contributed by atoms with Gasteiger partial charge in [-0.25, -0.2) is 9.37 Å². The van der Waals surface area contributed by atoms with Crippen molar-refractivity contribution in [3.8, 4) is 5.75 Å². The van der Waals surface area contributed by atoms with Gasteiger partial charge in [-0.3, -0.25) is 9.59 Å². The summed E-state index contributed by atoms with van der Waals surface area (Å²) in [5.41, 5.74) is 1.26. The van der Waals surface area contributed by atoms with Crippen molar-refractivity contribution in [2.75, 3.05) is 19.7 Å². The van der Waals surface area contributed by atoms with Crippen molar-refractivity contribution < 1.29 is 23.8 Å². The van der Waals surface area contributed by atoms with E-state index in [-0.39, 0.29) is 36.6 Å². The topological polar surface area (TPSA) is 95.5 Å². The molecule has 1 aromatic heterocycles. The Morgan fingerprint density at radius 1 is 1.19 bits per heavy atom. The number of fused-ring (bicyclic) bond motifs is 1. The van der Waals surface area contributed by atoms with Crippen LogP contribution in [0.1, 0.15) is 18.7 Å². The number of carbonyl (C=O) groups excluding carboxylic acids is 1. The molecule has 1 aliphatic rings. The zero-order valence-corrected chi connectivity index (χ0v) is 17.0. The number of H-pyrrole nitrogens is 1. The highest BCUT2D eigenvalue weighted by molar-refractivity contribution is 5.78. The van der Waals surface area contributed by atoms with Gasteiger partial charge in [-0.15, -0.1) is 0 Å². The molecule has 8 heteroatoms. The van der Waals surface area contributed by atoms with E-state index in [1.165, 1.54) is 12.1 Å². The van der Waals surface area contributed by atoms with Gasteiger partial charge in [0.15, 0.2) is 6.61 Å². The summed E-state index contributed by atoms with van der Waals surface area (Å²) in [5, 5.41) is 9.31. The number of rotatable bonds is 7. The van der Waals surface area contributed by atoms with Crippen LogP contribution >= 0.6 is 0 Å². The molecule has 2 aromatic carbocycles. The van der Waals surface area contributed by atoms with Gasteiger partial charge < -0.3 is 19.7 Å². The maximum absolute atomic E-state index is 13.5. The van der Waals surface area contributed by atoms with Crippen molar-refractivity contribution in [2.45, 2.75) is 19.3 Å². The molecular formula is C23H24FN3O4. The maximum atomic E-state index is 13.5. The fourth-order valence-electron chi connectivity index (χ4n) is 4.16. The number of hydrogen-bond acceptors (Lipinski definition) is 4. The summed E-state index contributed by atoms with van der Waals surface area (Å²) < 4.78 is 19.1. The Hall–Kier alpha value is -3.42. The zero-order chi connectivity index (χ0) is 21.8. The van der Waals surface area contributed by atoms with Crippen LogP contribution in [0.4, 0.5) is 4.39 Å². The third-order valence-electron chi connectivity index (χ3n) is 5.73. The molecule has 162 valence electrons. The second kappa shape index (κ2) is 9.16. The quantitative estimate of drug-likeness (QED) is 0.606. The van der Waals surface area contributed by atoms with Gasteiger partial charge in [0.05, 0.1) is 11.0 Å². The van der Waals surface area contributed by atoms with Crippen LogP contribution in [0, 0.1) is 17.7 Å². The summed E-state index contributed by atoms with van der Waals surface area (Å²) in [6.45, 7) is 0.862. The van der Waals surface area contributed by atoms with E-state index in [1.54, 1.807) is 23.1 Å². The Balaban J connectivity index is 1.45. The maximum Gasteiger partial charge on any atom is 0.303 e. The number of para-hydroxylation sites is 1. The molecule has 31 heavy (non-hydrogen) atoms. The Labute approximate surface area is 178 Å². The van der Waals surface area contributed by atoms with Crippen LogP contribution in [0.25, 0.3) is 11.0 Å². The number of benzene rings is 2. The van der Waals surface area contributed by atoms with E-state index in [1.807, 2.05) is 18.2 Å². The molecule has 4 rings (SSSR count). The monoisotopic (exact) mass is 425 g/mol. The normalized spacial score (nSPS) is 18.8. The first-order chi connectivity index (χ1) is 15.0. The SMILES string of the molecule is O=C(O)CC1CCN(C(=O)COc2ccccc2)CC1Cc1nc2ccc(F)cc2[nH]1. The summed E-state index contributed by atoms with van der Waals surface area (Å²) in [6, 6.07) is 13.5. The van der Waals surface area contributed by atoms with Crippen molar-refractivity contribution in [1.82, 2.24) is 14.9 Å². The van der Waals surface area contributed by atoms with E-state index in [9.17, 15) is 19.1 Å². The number of amides is 1. The van der Waals surface area contributed by atoms with Crippen LogP contribution in [0.3, 0.4) is 0 Å².